The maximum atomic E-state index is 12.0. The molecule has 2 N–H and O–H groups in total. The summed E-state index contributed by atoms with van der Waals surface area (Å²) in [6, 6.07) is 1.53. The molecule has 0 saturated carbocycles. The maximum absolute atomic E-state index is 12.0. The van der Waals surface area contributed by atoms with Gasteiger partial charge in [-0.3, -0.25) is 4.79 Å². The first-order valence-electron chi connectivity index (χ1n) is 7.57. The van der Waals surface area contributed by atoms with E-state index in [1.165, 1.54) is 12.3 Å². The van der Waals surface area contributed by atoms with Crippen LogP contribution in [0.15, 0.2) is 12.3 Å². The van der Waals surface area contributed by atoms with Crippen molar-refractivity contribution in [1.82, 2.24) is 10.3 Å². The molecule has 7 nitrogen and oxygen atoms in total. The number of carbonyl (C=O) groups excluding carboxylic acids is 1. The molecule has 0 atom stereocenters. The number of carbonyl (C=O) groups is 1. The Balaban J connectivity index is 1.84. The van der Waals surface area contributed by atoms with Crippen LogP contribution in [0.2, 0.25) is 5.02 Å². The molecule has 8 heteroatoms. The molecule has 1 aliphatic rings. The smallest absolute Gasteiger partial charge is 0.252 e. The lowest BCUT2D eigenvalue weighted by molar-refractivity contribution is 0.0238. The van der Waals surface area contributed by atoms with Crippen LogP contribution in [0, 0.1) is 0 Å². The summed E-state index contributed by atoms with van der Waals surface area (Å²) in [6.45, 7) is 2.22. The van der Waals surface area contributed by atoms with Gasteiger partial charge in [-0.15, -0.1) is 0 Å². The summed E-state index contributed by atoms with van der Waals surface area (Å²) in [5.41, 5.74) is 0.358. The number of halogens is 1. The van der Waals surface area contributed by atoms with E-state index in [-0.39, 0.29) is 25.2 Å². The van der Waals surface area contributed by atoms with Crippen molar-refractivity contribution in [1.29, 1.82) is 0 Å². The average Bonchev–Trinajstić information content (AvgIpc) is 2.57. The van der Waals surface area contributed by atoms with Gasteiger partial charge in [0.25, 0.3) is 5.91 Å². The fraction of sp³-hybridized carbons (Fsp3) is 0.600. The molecule has 0 aliphatic carbocycles. The topological polar surface area (TPSA) is 89.9 Å². The summed E-state index contributed by atoms with van der Waals surface area (Å²) in [5.74, 6) is 0.0472. The number of rotatable bonds is 8. The summed E-state index contributed by atoms with van der Waals surface area (Å²) in [4.78, 5) is 16.1. The highest BCUT2D eigenvalue weighted by Gasteiger charge is 2.18. The molecule has 1 saturated heterocycles. The van der Waals surface area contributed by atoms with Crippen LogP contribution in [-0.4, -0.2) is 61.7 Å². The van der Waals surface area contributed by atoms with Crippen LogP contribution in [-0.2, 0) is 9.47 Å². The van der Waals surface area contributed by atoms with Crippen LogP contribution in [0.1, 0.15) is 23.2 Å². The van der Waals surface area contributed by atoms with E-state index in [9.17, 15) is 4.79 Å². The number of hydrogen-bond donors (Lipinski definition) is 2. The van der Waals surface area contributed by atoms with Gasteiger partial charge < -0.3 is 24.6 Å². The standard InChI is InChI=1S/C15H21ClN2O5/c16-13-9-11(14(20)17-3-7-22-8-4-19)10-18-15(13)23-12-1-5-21-6-2-12/h9-10,12,19H,1-8H2,(H,17,20). The highest BCUT2D eigenvalue weighted by atomic mass is 35.5. The lowest BCUT2D eigenvalue weighted by atomic mass is 10.1. The molecule has 1 aliphatic heterocycles. The fourth-order valence-electron chi connectivity index (χ4n) is 2.09. The minimum atomic E-state index is -0.287. The molecule has 0 bridgehead atoms. The summed E-state index contributed by atoms with van der Waals surface area (Å²) >= 11 is 6.14. The number of nitrogens with one attached hydrogen (secondary N) is 1. The van der Waals surface area contributed by atoms with Crippen molar-refractivity contribution < 1.29 is 24.1 Å². The van der Waals surface area contributed by atoms with Gasteiger partial charge in [0.2, 0.25) is 5.88 Å². The normalized spacial score (nSPS) is 15.4. The second-order valence-corrected chi connectivity index (χ2v) is 5.44. The average molecular weight is 345 g/mol. The molecule has 0 aromatic carbocycles. The molecule has 2 heterocycles. The SMILES string of the molecule is O=C(NCCOCCO)c1cnc(OC2CCOCC2)c(Cl)c1. The predicted octanol–water partition coefficient (Wildman–Crippen LogP) is 1.03. The molecule has 0 spiro atoms. The Morgan fingerprint density at radius 1 is 1.43 bits per heavy atom. The van der Waals surface area contributed by atoms with E-state index < -0.39 is 0 Å². The van der Waals surface area contributed by atoms with Crippen molar-refractivity contribution in [2.24, 2.45) is 0 Å². The van der Waals surface area contributed by atoms with Crippen molar-refractivity contribution in [3.05, 3.63) is 22.8 Å². The third-order valence-corrected chi connectivity index (χ3v) is 3.55. The largest absolute Gasteiger partial charge is 0.473 e. The van der Waals surface area contributed by atoms with Crippen LogP contribution in [0.5, 0.6) is 5.88 Å². The Bertz CT molecular complexity index is 509. The minimum Gasteiger partial charge on any atom is -0.473 e. The molecule has 128 valence electrons. The number of aromatic nitrogens is 1. The van der Waals surface area contributed by atoms with Crippen LogP contribution in [0.3, 0.4) is 0 Å². The van der Waals surface area contributed by atoms with E-state index in [4.69, 9.17) is 30.9 Å². The van der Waals surface area contributed by atoms with Gasteiger partial charge in [0.1, 0.15) is 11.1 Å². The van der Waals surface area contributed by atoms with Crippen LogP contribution in [0.4, 0.5) is 0 Å². The van der Waals surface area contributed by atoms with E-state index in [0.29, 0.717) is 42.8 Å². The van der Waals surface area contributed by atoms with Gasteiger partial charge in [-0.05, 0) is 6.07 Å². The van der Waals surface area contributed by atoms with E-state index in [0.717, 1.165) is 12.8 Å². The monoisotopic (exact) mass is 344 g/mol. The first-order chi connectivity index (χ1) is 11.2. The lowest BCUT2D eigenvalue weighted by Crippen LogP contribution is -2.28. The highest BCUT2D eigenvalue weighted by Crippen LogP contribution is 2.25. The van der Waals surface area contributed by atoms with E-state index in [1.807, 2.05) is 0 Å². The van der Waals surface area contributed by atoms with Gasteiger partial charge >= 0.3 is 0 Å². The second kappa shape index (κ2) is 9.67. The first-order valence-corrected chi connectivity index (χ1v) is 7.95. The lowest BCUT2D eigenvalue weighted by Gasteiger charge is -2.23. The van der Waals surface area contributed by atoms with Gasteiger partial charge in [0.15, 0.2) is 0 Å². The van der Waals surface area contributed by atoms with Crippen molar-refractivity contribution in [3.8, 4) is 5.88 Å². The number of hydrogen-bond acceptors (Lipinski definition) is 6. The third-order valence-electron chi connectivity index (χ3n) is 3.28. The van der Waals surface area contributed by atoms with E-state index in [2.05, 4.69) is 10.3 Å². The summed E-state index contributed by atoms with van der Waals surface area (Å²) in [5, 5.41) is 11.6. The van der Waals surface area contributed by atoms with Gasteiger partial charge in [-0.2, -0.15) is 0 Å². The van der Waals surface area contributed by atoms with Crippen LogP contribution < -0.4 is 10.1 Å². The number of pyridine rings is 1. The molecule has 1 aromatic rings. The van der Waals surface area contributed by atoms with E-state index in [1.54, 1.807) is 0 Å². The molecule has 1 fully saturated rings. The maximum Gasteiger partial charge on any atom is 0.252 e. The molecular formula is C15H21ClN2O5. The van der Waals surface area contributed by atoms with Crippen molar-refractivity contribution in [3.63, 3.8) is 0 Å². The van der Waals surface area contributed by atoms with Crippen LogP contribution in [0.25, 0.3) is 0 Å². The number of aliphatic hydroxyl groups excluding tert-OH is 1. The zero-order valence-corrected chi connectivity index (χ0v) is 13.6. The first kappa shape index (κ1) is 17.9. The second-order valence-electron chi connectivity index (χ2n) is 5.03. The van der Waals surface area contributed by atoms with Crippen LogP contribution >= 0.6 is 11.6 Å². The fourth-order valence-corrected chi connectivity index (χ4v) is 2.30. The molecule has 2 rings (SSSR count). The summed E-state index contributed by atoms with van der Waals surface area (Å²) < 4.78 is 16.1. The van der Waals surface area contributed by atoms with Crippen molar-refractivity contribution in [2.75, 3.05) is 39.6 Å². The summed E-state index contributed by atoms with van der Waals surface area (Å²) in [7, 11) is 0. The number of amides is 1. The Morgan fingerprint density at radius 2 is 2.22 bits per heavy atom. The number of aliphatic hydroxyl groups is 1. The highest BCUT2D eigenvalue weighted by molar-refractivity contribution is 6.32. The van der Waals surface area contributed by atoms with Gasteiger partial charge in [-0.1, -0.05) is 11.6 Å². The van der Waals surface area contributed by atoms with Gasteiger partial charge in [-0.25, -0.2) is 4.98 Å². The summed E-state index contributed by atoms with van der Waals surface area (Å²) in [6.07, 6.45) is 3.07. The molecule has 1 aromatic heterocycles. The Labute approximate surface area is 139 Å². The molecule has 0 unspecified atom stereocenters. The minimum absolute atomic E-state index is 0.0390. The van der Waals surface area contributed by atoms with Gasteiger partial charge in [0, 0.05) is 25.6 Å². The Morgan fingerprint density at radius 3 is 2.91 bits per heavy atom. The third kappa shape index (κ3) is 5.95. The predicted molar refractivity (Wildman–Crippen MR) is 84.0 cm³/mol. The quantitative estimate of drug-likeness (QED) is 0.685. The molecule has 23 heavy (non-hydrogen) atoms. The Hall–Kier alpha value is -1.41. The molecule has 0 radical (unpaired) electrons. The number of ether oxygens (including phenoxy) is 3. The molecular weight excluding hydrogens is 324 g/mol. The molecule has 1 amide bonds. The number of nitrogens with zero attached hydrogens (tertiary/aromatic N) is 1. The zero-order valence-electron chi connectivity index (χ0n) is 12.8. The van der Waals surface area contributed by atoms with E-state index >= 15 is 0 Å². The Kier molecular flexibility index (Phi) is 7.54. The van der Waals surface area contributed by atoms with Crippen molar-refractivity contribution in [2.45, 2.75) is 18.9 Å². The zero-order chi connectivity index (χ0) is 16.5. The van der Waals surface area contributed by atoms with Crippen molar-refractivity contribution >= 4 is 17.5 Å². The van der Waals surface area contributed by atoms with Gasteiger partial charge in [0.05, 0.1) is 38.6 Å².